The number of pyridine rings is 1. The van der Waals surface area contributed by atoms with Crippen molar-refractivity contribution in [2.45, 2.75) is 12.1 Å². The van der Waals surface area contributed by atoms with Crippen LogP contribution in [0.15, 0.2) is 24.5 Å². The van der Waals surface area contributed by atoms with E-state index in [0.29, 0.717) is 28.3 Å². The van der Waals surface area contributed by atoms with E-state index >= 15 is 0 Å². The number of aromatic nitrogens is 3. The third-order valence-electron chi connectivity index (χ3n) is 4.98. The minimum absolute atomic E-state index is 0.187. The highest BCUT2D eigenvalue weighted by atomic mass is 35.5. The highest BCUT2D eigenvalue weighted by Gasteiger charge is 2.34. The van der Waals surface area contributed by atoms with Crippen molar-refractivity contribution >= 4 is 17.5 Å². The molecule has 0 saturated carbocycles. The molecule has 4 heterocycles. The third kappa shape index (κ3) is 3.79. The Morgan fingerprint density at radius 1 is 1.30 bits per heavy atom. The van der Waals surface area contributed by atoms with Crippen LogP contribution in [-0.4, -0.2) is 71.7 Å². The molecule has 9 heteroatoms. The summed E-state index contributed by atoms with van der Waals surface area (Å²) in [7, 11) is 1.56. The minimum atomic E-state index is -0.270. The van der Waals surface area contributed by atoms with E-state index in [1.165, 1.54) is 6.33 Å². The first kappa shape index (κ1) is 18.2. The number of nitrogens with one attached hydrogen (secondary N) is 2. The fourth-order valence-corrected chi connectivity index (χ4v) is 3.87. The SMILES string of the molecule is CNC(=O)c1cc(-c2cc([C@@H]3CNC[C@@H]4COCCN43)cc(Cl)n2)ncn1. The number of carbonyl (C=O) groups excluding carboxylic acids is 1. The fourth-order valence-electron chi connectivity index (χ4n) is 3.66. The molecule has 0 unspecified atom stereocenters. The van der Waals surface area contributed by atoms with E-state index < -0.39 is 0 Å². The van der Waals surface area contributed by atoms with Crippen molar-refractivity contribution in [1.29, 1.82) is 0 Å². The van der Waals surface area contributed by atoms with Crippen LogP contribution < -0.4 is 10.6 Å². The molecule has 0 aromatic carbocycles. The maximum absolute atomic E-state index is 11.9. The van der Waals surface area contributed by atoms with Crippen LogP contribution in [0.5, 0.6) is 0 Å². The number of amides is 1. The van der Waals surface area contributed by atoms with Crippen LogP contribution in [0.1, 0.15) is 22.1 Å². The van der Waals surface area contributed by atoms with Gasteiger partial charge in [-0.3, -0.25) is 9.69 Å². The maximum Gasteiger partial charge on any atom is 0.269 e. The van der Waals surface area contributed by atoms with Crippen molar-refractivity contribution in [3.63, 3.8) is 0 Å². The highest BCUT2D eigenvalue weighted by molar-refractivity contribution is 6.29. The molecule has 2 atom stereocenters. The first-order valence-electron chi connectivity index (χ1n) is 8.92. The number of hydrogen-bond donors (Lipinski definition) is 2. The van der Waals surface area contributed by atoms with Gasteiger partial charge in [-0.05, 0) is 23.8 Å². The number of fused-ring (bicyclic) bond motifs is 1. The lowest BCUT2D eigenvalue weighted by molar-refractivity contribution is -0.0427. The molecule has 0 radical (unpaired) electrons. The molecule has 27 heavy (non-hydrogen) atoms. The molecule has 2 saturated heterocycles. The molecule has 0 spiro atoms. The van der Waals surface area contributed by atoms with Gasteiger partial charge in [0.15, 0.2) is 0 Å². The van der Waals surface area contributed by atoms with Crippen molar-refractivity contribution < 1.29 is 9.53 Å². The van der Waals surface area contributed by atoms with E-state index in [1.54, 1.807) is 13.1 Å². The van der Waals surface area contributed by atoms with E-state index in [-0.39, 0.29) is 11.9 Å². The zero-order valence-electron chi connectivity index (χ0n) is 15.0. The molecule has 0 bridgehead atoms. The summed E-state index contributed by atoms with van der Waals surface area (Å²) >= 11 is 6.33. The van der Waals surface area contributed by atoms with Gasteiger partial charge in [-0.25, -0.2) is 15.0 Å². The van der Waals surface area contributed by atoms with Gasteiger partial charge in [0.1, 0.15) is 17.2 Å². The van der Waals surface area contributed by atoms with Gasteiger partial charge in [0, 0.05) is 38.8 Å². The van der Waals surface area contributed by atoms with Crippen LogP contribution in [0.2, 0.25) is 5.15 Å². The van der Waals surface area contributed by atoms with Gasteiger partial charge in [0.2, 0.25) is 0 Å². The number of hydrogen-bond acceptors (Lipinski definition) is 7. The lowest BCUT2D eigenvalue weighted by Gasteiger charge is -2.45. The predicted molar refractivity (Wildman–Crippen MR) is 101 cm³/mol. The van der Waals surface area contributed by atoms with Gasteiger partial charge in [0.05, 0.1) is 24.6 Å². The van der Waals surface area contributed by atoms with Crippen LogP contribution in [-0.2, 0) is 4.74 Å². The summed E-state index contributed by atoms with van der Waals surface area (Å²) < 4.78 is 5.61. The fraction of sp³-hybridized carbons (Fsp3) is 0.444. The summed E-state index contributed by atoms with van der Waals surface area (Å²) in [6.07, 6.45) is 1.36. The zero-order valence-corrected chi connectivity index (χ0v) is 15.7. The van der Waals surface area contributed by atoms with Gasteiger partial charge in [-0.2, -0.15) is 0 Å². The first-order valence-corrected chi connectivity index (χ1v) is 9.29. The van der Waals surface area contributed by atoms with Gasteiger partial charge in [-0.15, -0.1) is 0 Å². The number of ether oxygens (including phenoxy) is 1. The molecule has 8 nitrogen and oxygen atoms in total. The van der Waals surface area contributed by atoms with E-state index in [4.69, 9.17) is 16.3 Å². The average molecular weight is 389 g/mol. The topological polar surface area (TPSA) is 92.3 Å². The Morgan fingerprint density at radius 3 is 3.04 bits per heavy atom. The molecule has 2 N–H and O–H groups in total. The number of carbonyl (C=O) groups is 1. The van der Waals surface area contributed by atoms with Crippen LogP contribution in [0.25, 0.3) is 11.4 Å². The quantitative estimate of drug-likeness (QED) is 0.754. The maximum atomic E-state index is 11.9. The minimum Gasteiger partial charge on any atom is -0.378 e. The van der Waals surface area contributed by atoms with Crippen LogP contribution in [0.4, 0.5) is 0 Å². The van der Waals surface area contributed by atoms with Gasteiger partial charge in [0.25, 0.3) is 5.91 Å². The number of piperazine rings is 1. The van der Waals surface area contributed by atoms with E-state index in [0.717, 1.165) is 38.4 Å². The Labute approximate surface area is 162 Å². The smallest absolute Gasteiger partial charge is 0.269 e. The number of nitrogens with zero attached hydrogens (tertiary/aromatic N) is 4. The number of rotatable bonds is 3. The molecule has 2 aliphatic rings. The largest absolute Gasteiger partial charge is 0.378 e. The monoisotopic (exact) mass is 388 g/mol. The average Bonchev–Trinajstić information content (AvgIpc) is 2.72. The Morgan fingerprint density at radius 2 is 2.19 bits per heavy atom. The number of morpholine rings is 1. The second kappa shape index (κ2) is 7.85. The predicted octanol–water partition coefficient (Wildman–Crippen LogP) is 0.897. The van der Waals surface area contributed by atoms with Gasteiger partial charge >= 0.3 is 0 Å². The Balaban J connectivity index is 1.69. The summed E-state index contributed by atoms with van der Waals surface area (Å²) in [6.45, 7) is 4.12. The molecular weight excluding hydrogens is 368 g/mol. The second-order valence-corrected chi connectivity index (χ2v) is 7.00. The molecule has 2 fully saturated rings. The Bertz CT molecular complexity index is 846. The molecule has 2 aromatic heterocycles. The van der Waals surface area contributed by atoms with Gasteiger partial charge < -0.3 is 15.4 Å². The van der Waals surface area contributed by atoms with Crippen molar-refractivity contribution in [2.75, 3.05) is 39.9 Å². The molecule has 0 aliphatic carbocycles. The van der Waals surface area contributed by atoms with Crippen LogP contribution >= 0.6 is 11.6 Å². The van der Waals surface area contributed by atoms with Crippen LogP contribution in [0, 0.1) is 0 Å². The second-order valence-electron chi connectivity index (χ2n) is 6.62. The highest BCUT2D eigenvalue weighted by Crippen LogP contribution is 2.30. The van der Waals surface area contributed by atoms with E-state index in [2.05, 4.69) is 30.5 Å². The van der Waals surface area contributed by atoms with Crippen molar-refractivity contribution in [3.05, 3.63) is 40.9 Å². The van der Waals surface area contributed by atoms with E-state index in [9.17, 15) is 4.79 Å². The van der Waals surface area contributed by atoms with Gasteiger partial charge in [-0.1, -0.05) is 11.6 Å². The first-order chi connectivity index (χ1) is 13.2. The van der Waals surface area contributed by atoms with E-state index in [1.807, 2.05) is 12.1 Å². The molecular formula is C18H21ClN6O2. The third-order valence-corrected chi connectivity index (χ3v) is 5.18. The summed E-state index contributed by atoms with van der Waals surface area (Å²) in [5.41, 5.74) is 2.55. The zero-order chi connectivity index (χ0) is 18.8. The Hall–Kier alpha value is -2.13. The normalized spacial score (nSPS) is 22.9. The molecule has 2 aliphatic heterocycles. The lowest BCUT2D eigenvalue weighted by atomic mass is 9.99. The van der Waals surface area contributed by atoms with Crippen molar-refractivity contribution in [2.24, 2.45) is 0 Å². The molecule has 142 valence electrons. The number of halogens is 1. The summed E-state index contributed by atoms with van der Waals surface area (Å²) in [4.78, 5) is 27.0. The van der Waals surface area contributed by atoms with Crippen LogP contribution in [0.3, 0.4) is 0 Å². The van der Waals surface area contributed by atoms with Crippen molar-refractivity contribution in [1.82, 2.24) is 30.5 Å². The summed E-state index contributed by atoms with van der Waals surface area (Å²) in [5.74, 6) is -0.270. The summed E-state index contributed by atoms with van der Waals surface area (Å²) in [6, 6.07) is 6.05. The Kier molecular flexibility index (Phi) is 5.31. The standard InChI is InChI=1S/C18H21ClN6O2/c1-20-18(26)15-6-13(22-10-23-15)14-4-11(5-17(19)24-14)16-8-21-7-12-9-27-3-2-25(12)16/h4-6,10,12,16,21H,2-3,7-9H2,1H3,(H,20,26)/t12-,16+/m1/s1. The van der Waals surface area contributed by atoms with Crippen molar-refractivity contribution in [3.8, 4) is 11.4 Å². The molecule has 2 aromatic rings. The summed E-state index contributed by atoms with van der Waals surface area (Å²) in [5, 5.41) is 6.44. The lowest BCUT2D eigenvalue weighted by Crippen LogP contribution is -2.58. The molecule has 4 rings (SSSR count). The molecule has 1 amide bonds.